The number of aromatic hydroxyl groups is 1. The molecule has 6 rings (SSSR count). The van der Waals surface area contributed by atoms with E-state index in [4.69, 9.17) is 20.6 Å². The zero-order valence-corrected chi connectivity index (χ0v) is 22.7. The van der Waals surface area contributed by atoms with E-state index in [0.29, 0.717) is 23.2 Å². The number of nitrogens with two attached hydrogens (primary N) is 1. The number of aromatic nitrogens is 3. The fourth-order valence-corrected chi connectivity index (χ4v) is 5.64. The van der Waals surface area contributed by atoms with E-state index in [9.17, 15) is 5.11 Å². The van der Waals surface area contributed by atoms with Crippen LogP contribution in [-0.4, -0.2) is 51.8 Å². The van der Waals surface area contributed by atoms with Crippen molar-refractivity contribution < 1.29 is 9.84 Å². The number of anilines is 1. The number of nitrogens with one attached hydrogen (secondary N) is 2. The van der Waals surface area contributed by atoms with Gasteiger partial charge in [-0.05, 0) is 73.4 Å². The smallest absolute Gasteiger partial charge is 0.213 e. The molecular weight excluding hydrogens is 490 g/mol. The van der Waals surface area contributed by atoms with Gasteiger partial charge >= 0.3 is 0 Å². The second-order valence-electron chi connectivity index (χ2n) is 10.9. The summed E-state index contributed by atoms with van der Waals surface area (Å²) in [5.74, 6) is 1.18. The number of aryl methyl sites for hydroxylation is 2. The van der Waals surface area contributed by atoms with Gasteiger partial charge in [-0.2, -0.15) is 5.10 Å². The van der Waals surface area contributed by atoms with Gasteiger partial charge in [0.05, 0.1) is 35.8 Å². The highest BCUT2D eigenvalue weighted by Crippen LogP contribution is 2.51. The summed E-state index contributed by atoms with van der Waals surface area (Å²) in [7, 11) is 1.62. The third-order valence-corrected chi connectivity index (χ3v) is 8.13. The number of hydrogen-bond donors (Lipinski definition) is 4. The van der Waals surface area contributed by atoms with Crippen molar-refractivity contribution in [2.75, 3.05) is 25.5 Å². The van der Waals surface area contributed by atoms with Gasteiger partial charge in [0, 0.05) is 48.7 Å². The molecule has 1 saturated carbocycles. The second kappa shape index (κ2) is 9.89. The first-order valence-corrected chi connectivity index (χ1v) is 13.5. The number of pyridine rings is 1. The molecule has 1 aromatic carbocycles. The van der Waals surface area contributed by atoms with Crippen LogP contribution in [0, 0.1) is 12.3 Å². The lowest BCUT2D eigenvalue weighted by Gasteiger charge is -2.17. The summed E-state index contributed by atoms with van der Waals surface area (Å²) in [6.07, 6.45) is 10.2. The maximum Gasteiger partial charge on any atom is 0.213 e. The van der Waals surface area contributed by atoms with Crippen molar-refractivity contribution >= 4 is 22.7 Å². The minimum atomic E-state index is 0.219. The number of phenolic OH excluding ortho intramolecular Hbond substituents is 1. The van der Waals surface area contributed by atoms with Gasteiger partial charge < -0.3 is 26.2 Å². The highest BCUT2D eigenvalue weighted by Gasteiger charge is 2.48. The summed E-state index contributed by atoms with van der Waals surface area (Å²) in [5, 5.41) is 22.0. The van der Waals surface area contributed by atoms with Crippen molar-refractivity contribution in [2.24, 2.45) is 16.1 Å². The summed E-state index contributed by atoms with van der Waals surface area (Å²) < 4.78 is 7.17. The topological polar surface area (TPSA) is 122 Å². The van der Waals surface area contributed by atoms with Crippen LogP contribution in [0.5, 0.6) is 11.6 Å². The molecular formula is C30H35N7O2. The average Bonchev–Trinajstić information content (AvgIpc) is 3.36. The fourth-order valence-electron chi connectivity index (χ4n) is 5.64. The maximum atomic E-state index is 9.92. The molecule has 1 saturated heterocycles. The van der Waals surface area contributed by atoms with E-state index in [1.165, 1.54) is 19.3 Å². The van der Waals surface area contributed by atoms with Crippen LogP contribution >= 0.6 is 0 Å². The fraction of sp³-hybridized carbons (Fsp3) is 0.367. The minimum Gasteiger partial charge on any atom is -0.508 e. The molecule has 0 amide bonds. The average molecular weight is 526 g/mol. The van der Waals surface area contributed by atoms with Gasteiger partial charge in [-0.25, -0.2) is 14.5 Å². The molecule has 9 heteroatoms. The number of rotatable bonds is 8. The molecule has 1 spiro atoms. The lowest BCUT2D eigenvalue weighted by atomic mass is 10.0. The number of methoxy groups -OCH3 is 1. The van der Waals surface area contributed by atoms with Crippen molar-refractivity contribution in [1.29, 1.82) is 0 Å². The van der Waals surface area contributed by atoms with Crippen molar-refractivity contribution in [3.63, 3.8) is 0 Å². The summed E-state index contributed by atoms with van der Waals surface area (Å²) in [6.45, 7) is 5.96. The van der Waals surface area contributed by atoms with Gasteiger partial charge in [-0.15, -0.1) is 0 Å². The minimum absolute atomic E-state index is 0.219. The molecule has 1 aliphatic carbocycles. The third kappa shape index (κ3) is 4.90. The summed E-state index contributed by atoms with van der Waals surface area (Å²) in [4.78, 5) is 9.19. The van der Waals surface area contributed by atoms with E-state index in [-0.39, 0.29) is 5.75 Å². The molecule has 3 aromatic heterocycles. The molecule has 39 heavy (non-hydrogen) atoms. The zero-order valence-electron chi connectivity index (χ0n) is 22.7. The molecule has 202 valence electrons. The van der Waals surface area contributed by atoms with Gasteiger partial charge in [0.15, 0.2) is 0 Å². The van der Waals surface area contributed by atoms with E-state index in [1.807, 2.05) is 36.8 Å². The van der Waals surface area contributed by atoms with Crippen molar-refractivity contribution in [1.82, 2.24) is 19.9 Å². The van der Waals surface area contributed by atoms with Crippen molar-refractivity contribution in [2.45, 2.75) is 45.6 Å². The van der Waals surface area contributed by atoms with Crippen LogP contribution in [0.3, 0.4) is 0 Å². The predicted octanol–water partition coefficient (Wildman–Crippen LogP) is 4.57. The highest BCUT2D eigenvalue weighted by molar-refractivity contribution is 6.06. The molecule has 4 heterocycles. The Morgan fingerprint density at radius 2 is 2.13 bits per heavy atom. The molecule has 2 fully saturated rings. The Morgan fingerprint density at radius 3 is 2.85 bits per heavy atom. The van der Waals surface area contributed by atoms with Crippen LogP contribution in [0.2, 0.25) is 0 Å². The standard InChI is InChI=1S/C30H35N7O2/c1-4-19-10-22(38)5-6-25(19)36-29(31)24-15-35-37-16-20(23-14-32-27(39-3)9-18(23)2)11-26(37)28(24)33-13-21-12-30(7-8-30)17-34-21/h5-6,9-11,14-16,21,33-34,38H,4,7-8,12-13,17H2,1-3H3,(H2,31,36)/t21-/m1/s1. The first-order valence-electron chi connectivity index (χ1n) is 13.5. The van der Waals surface area contributed by atoms with Gasteiger partial charge in [0.25, 0.3) is 0 Å². The molecule has 0 unspecified atom stereocenters. The normalized spacial score (nSPS) is 18.1. The van der Waals surface area contributed by atoms with Crippen LogP contribution in [0.25, 0.3) is 16.6 Å². The van der Waals surface area contributed by atoms with Gasteiger partial charge in [-0.1, -0.05) is 6.92 Å². The first kappa shape index (κ1) is 25.2. The summed E-state index contributed by atoms with van der Waals surface area (Å²) in [5.41, 5.74) is 14.5. The van der Waals surface area contributed by atoms with Crippen LogP contribution in [0.1, 0.15) is 42.9 Å². The van der Waals surface area contributed by atoms with E-state index in [1.54, 1.807) is 31.5 Å². The van der Waals surface area contributed by atoms with Crippen LogP contribution in [0.4, 0.5) is 11.4 Å². The number of phenols is 1. The summed E-state index contributed by atoms with van der Waals surface area (Å²) >= 11 is 0. The first-order chi connectivity index (χ1) is 18.9. The molecule has 9 nitrogen and oxygen atoms in total. The Labute approximate surface area is 228 Å². The van der Waals surface area contributed by atoms with E-state index in [0.717, 1.165) is 64.2 Å². The molecule has 1 atom stereocenters. The summed E-state index contributed by atoms with van der Waals surface area (Å²) in [6, 6.07) is 9.62. The molecule has 0 radical (unpaired) electrons. The molecule has 2 aliphatic rings. The lowest BCUT2D eigenvalue weighted by Crippen LogP contribution is -2.30. The zero-order chi connectivity index (χ0) is 27.1. The third-order valence-electron chi connectivity index (χ3n) is 8.13. The van der Waals surface area contributed by atoms with Gasteiger partial charge in [0.2, 0.25) is 5.88 Å². The number of amidine groups is 1. The Hall–Kier alpha value is -4.11. The molecule has 0 bridgehead atoms. The van der Waals surface area contributed by atoms with Crippen LogP contribution < -0.4 is 21.1 Å². The number of nitrogens with zero attached hydrogens (tertiary/aromatic N) is 4. The second-order valence-corrected chi connectivity index (χ2v) is 10.9. The number of fused-ring (bicyclic) bond motifs is 1. The number of ether oxygens (including phenoxy) is 1. The van der Waals surface area contributed by atoms with E-state index < -0.39 is 0 Å². The van der Waals surface area contributed by atoms with E-state index in [2.05, 4.69) is 21.7 Å². The van der Waals surface area contributed by atoms with Crippen LogP contribution in [-0.2, 0) is 6.42 Å². The largest absolute Gasteiger partial charge is 0.508 e. The van der Waals surface area contributed by atoms with Gasteiger partial charge in [0.1, 0.15) is 11.6 Å². The van der Waals surface area contributed by atoms with Crippen molar-refractivity contribution in [3.8, 4) is 22.8 Å². The highest BCUT2D eigenvalue weighted by atomic mass is 16.5. The Bertz CT molecular complexity index is 1570. The Balaban J connectivity index is 1.41. The lowest BCUT2D eigenvalue weighted by molar-refractivity contribution is 0.397. The number of hydrogen-bond acceptors (Lipinski definition) is 7. The molecule has 5 N–H and O–H groups in total. The quantitative estimate of drug-likeness (QED) is 0.196. The predicted molar refractivity (Wildman–Crippen MR) is 154 cm³/mol. The SMILES string of the molecule is CCc1cc(O)ccc1N=C(N)c1cnn2cc(-c3cnc(OC)cc3C)cc2c1NC[C@H]1CC2(CC2)CN1. The molecule has 1 aliphatic heterocycles. The van der Waals surface area contributed by atoms with Crippen molar-refractivity contribution in [3.05, 3.63) is 65.6 Å². The number of benzene rings is 1. The van der Waals surface area contributed by atoms with E-state index >= 15 is 0 Å². The monoisotopic (exact) mass is 525 g/mol. The number of aliphatic imine (C=N–C) groups is 1. The maximum absolute atomic E-state index is 9.92. The Morgan fingerprint density at radius 1 is 1.28 bits per heavy atom. The van der Waals surface area contributed by atoms with Gasteiger partial charge in [-0.3, -0.25) is 0 Å². The molecule has 4 aromatic rings. The van der Waals surface area contributed by atoms with Crippen LogP contribution in [0.15, 0.2) is 53.9 Å². The Kier molecular flexibility index (Phi) is 6.38.